The van der Waals surface area contributed by atoms with Gasteiger partial charge in [-0.05, 0) is 42.4 Å². The summed E-state index contributed by atoms with van der Waals surface area (Å²) in [7, 11) is 1.90. The molecule has 0 amide bonds. The van der Waals surface area contributed by atoms with E-state index < -0.39 is 0 Å². The van der Waals surface area contributed by atoms with Gasteiger partial charge in [0, 0.05) is 46.3 Å². The van der Waals surface area contributed by atoms with Crippen LogP contribution in [0, 0.1) is 5.41 Å². The molecule has 1 saturated carbocycles. The monoisotopic (exact) mass is 400 g/mol. The number of benzene rings is 1. The van der Waals surface area contributed by atoms with E-state index in [2.05, 4.69) is 38.3 Å². The second-order valence-corrected chi connectivity index (χ2v) is 8.73. The first-order valence-corrected chi connectivity index (χ1v) is 11.2. The molecule has 0 radical (unpaired) electrons. The minimum Gasteiger partial charge on any atom is -0.492 e. The summed E-state index contributed by atoms with van der Waals surface area (Å²) >= 11 is 0. The van der Waals surface area contributed by atoms with E-state index in [4.69, 9.17) is 9.47 Å². The molecule has 160 valence electrons. The number of hydrogen-bond acceptors (Lipinski definition) is 4. The van der Waals surface area contributed by atoms with E-state index in [9.17, 15) is 0 Å². The molecule has 2 heterocycles. The maximum Gasteiger partial charge on any atom is 0.193 e. The number of guanidine groups is 1. The lowest BCUT2D eigenvalue weighted by molar-refractivity contribution is 0.0322. The summed E-state index contributed by atoms with van der Waals surface area (Å²) in [6, 6.07) is 8.41. The van der Waals surface area contributed by atoms with Crippen LogP contribution < -0.4 is 10.1 Å². The Hall–Kier alpha value is -1.79. The topological polar surface area (TPSA) is 49.3 Å². The summed E-state index contributed by atoms with van der Waals surface area (Å²) in [5.41, 5.74) is 1.79. The molecule has 2 saturated heterocycles. The van der Waals surface area contributed by atoms with Gasteiger partial charge in [-0.1, -0.05) is 25.0 Å². The normalized spacial score (nSPS) is 22.4. The van der Waals surface area contributed by atoms with Crippen molar-refractivity contribution in [1.82, 2.24) is 15.1 Å². The van der Waals surface area contributed by atoms with Crippen molar-refractivity contribution in [2.24, 2.45) is 10.4 Å². The Kier molecular flexibility index (Phi) is 6.93. The van der Waals surface area contributed by atoms with Crippen molar-refractivity contribution in [1.29, 1.82) is 0 Å². The third kappa shape index (κ3) is 5.43. The van der Waals surface area contributed by atoms with Crippen molar-refractivity contribution < 1.29 is 9.47 Å². The molecule has 0 aromatic heterocycles. The number of morpholine rings is 1. The van der Waals surface area contributed by atoms with Crippen LogP contribution in [0.15, 0.2) is 29.3 Å². The van der Waals surface area contributed by atoms with E-state index in [1.165, 1.54) is 37.7 Å². The molecular weight excluding hydrogens is 364 g/mol. The number of aliphatic imine (C=N–C) groups is 1. The Morgan fingerprint density at radius 2 is 2.00 bits per heavy atom. The molecule has 1 aliphatic carbocycles. The Morgan fingerprint density at radius 3 is 2.79 bits per heavy atom. The third-order valence-corrected chi connectivity index (χ3v) is 6.74. The van der Waals surface area contributed by atoms with Crippen LogP contribution in [0.2, 0.25) is 0 Å². The predicted octanol–water partition coefficient (Wildman–Crippen LogP) is 2.74. The van der Waals surface area contributed by atoms with Gasteiger partial charge in [0.1, 0.15) is 12.4 Å². The Bertz CT molecular complexity index is 681. The highest BCUT2D eigenvalue weighted by Crippen LogP contribution is 2.45. The average molecular weight is 401 g/mol. The first-order valence-electron chi connectivity index (χ1n) is 11.2. The molecular formula is C23H36N4O2. The average Bonchev–Trinajstić information content (AvgIpc) is 3.40. The quantitative estimate of drug-likeness (QED) is 0.588. The molecule has 3 aliphatic rings. The second kappa shape index (κ2) is 9.81. The number of nitrogens with one attached hydrogen (secondary N) is 1. The smallest absolute Gasteiger partial charge is 0.193 e. The van der Waals surface area contributed by atoms with Crippen molar-refractivity contribution >= 4 is 5.96 Å². The Balaban J connectivity index is 1.24. The summed E-state index contributed by atoms with van der Waals surface area (Å²) in [5.74, 6) is 1.98. The molecule has 1 aromatic carbocycles. The van der Waals surface area contributed by atoms with Gasteiger partial charge in [0.25, 0.3) is 0 Å². The zero-order chi connectivity index (χ0) is 19.9. The van der Waals surface area contributed by atoms with Crippen LogP contribution in [-0.4, -0.2) is 75.4 Å². The number of rotatable bonds is 6. The Morgan fingerprint density at radius 1 is 1.17 bits per heavy atom. The highest BCUT2D eigenvalue weighted by molar-refractivity contribution is 5.80. The molecule has 1 aromatic rings. The van der Waals surface area contributed by atoms with Gasteiger partial charge in [-0.3, -0.25) is 9.89 Å². The molecule has 4 rings (SSSR count). The zero-order valence-corrected chi connectivity index (χ0v) is 17.9. The van der Waals surface area contributed by atoms with Crippen LogP contribution in [0.5, 0.6) is 5.75 Å². The maximum atomic E-state index is 5.99. The van der Waals surface area contributed by atoms with E-state index in [0.717, 1.165) is 64.2 Å². The van der Waals surface area contributed by atoms with Gasteiger partial charge in [0.05, 0.1) is 13.2 Å². The highest BCUT2D eigenvalue weighted by Gasteiger charge is 2.41. The maximum absolute atomic E-state index is 5.99. The first-order chi connectivity index (χ1) is 14.3. The van der Waals surface area contributed by atoms with Crippen molar-refractivity contribution in [3.63, 3.8) is 0 Å². The van der Waals surface area contributed by atoms with Gasteiger partial charge in [0.15, 0.2) is 5.96 Å². The van der Waals surface area contributed by atoms with Crippen LogP contribution in [0.25, 0.3) is 0 Å². The van der Waals surface area contributed by atoms with Crippen LogP contribution in [0.1, 0.15) is 37.7 Å². The summed E-state index contributed by atoms with van der Waals surface area (Å²) < 4.78 is 11.4. The lowest BCUT2D eigenvalue weighted by Gasteiger charge is -2.26. The fourth-order valence-corrected chi connectivity index (χ4v) is 5.03. The van der Waals surface area contributed by atoms with Gasteiger partial charge in [-0.15, -0.1) is 0 Å². The summed E-state index contributed by atoms with van der Waals surface area (Å²) in [4.78, 5) is 9.40. The second-order valence-electron chi connectivity index (χ2n) is 8.73. The van der Waals surface area contributed by atoms with E-state index in [0.29, 0.717) is 12.0 Å². The molecule has 2 aliphatic heterocycles. The van der Waals surface area contributed by atoms with E-state index in [1.807, 2.05) is 13.1 Å². The van der Waals surface area contributed by atoms with Crippen molar-refractivity contribution in [3.8, 4) is 5.75 Å². The number of hydrogen-bond donors (Lipinski definition) is 1. The SMILES string of the molecule is CN=C(NCc1cccc(OCCN2CCOCC2)c1)N1CCC2(CCCC2)C1. The molecule has 6 heteroatoms. The summed E-state index contributed by atoms with van der Waals surface area (Å²) in [5, 5.41) is 3.57. The van der Waals surface area contributed by atoms with E-state index in [1.54, 1.807) is 0 Å². The molecule has 1 spiro atoms. The van der Waals surface area contributed by atoms with Crippen LogP contribution in [0.3, 0.4) is 0 Å². The van der Waals surface area contributed by atoms with Crippen molar-refractivity contribution in [3.05, 3.63) is 29.8 Å². The predicted molar refractivity (Wildman–Crippen MR) is 116 cm³/mol. The van der Waals surface area contributed by atoms with Crippen LogP contribution >= 0.6 is 0 Å². The van der Waals surface area contributed by atoms with Crippen molar-refractivity contribution in [2.75, 3.05) is 59.6 Å². The fraction of sp³-hybridized carbons (Fsp3) is 0.696. The Labute approximate surface area is 175 Å². The lowest BCUT2D eigenvalue weighted by atomic mass is 9.86. The molecule has 6 nitrogen and oxygen atoms in total. The van der Waals surface area contributed by atoms with Crippen molar-refractivity contribution in [2.45, 2.75) is 38.6 Å². The molecule has 1 N–H and O–H groups in total. The first kappa shape index (κ1) is 20.5. The third-order valence-electron chi connectivity index (χ3n) is 6.74. The molecule has 0 bridgehead atoms. The number of likely N-dealkylation sites (tertiary alicyclic amines) is 1. The number of nitrogens with zero attached hydrogens (tertiary/aromatic N) is 3. The van der Waals surface area contributed by atoms with Gasteiger partial charge in [-0.2, -0.15) is 0 Å². The highest BCUT2D eigenvalue weighted by atomic mass is 16.5. The van der Waals surface area contributed by atoms with Gasteiger partial charge >= 0.3 is 0 Å². The standard InChI is InChI=1S/C23H36N4O2/c1-24-22(27-10-9-23(19-27)7-2-3-8-23)25-18-20-5-4-6-21(17-20)29-16-13-26-11-14-28-15-12-26/h4-6,17H,2-3,7-16,18-19H2,1H3,(H,24,25). The van der Waals surface area contributed by atoms with E-state index in [-0.39, 0.29) is 0 Å². The van der Waals surface area contributed by atoms with E-state index >= 15 is 0 Å². The minimum atomic E-state index is 0.561. The zero-order valence-electron chi connectivity index (χ0n) is 17.9. The number of ether oxygens (including phenoxy) is 2. The minimum absolute atomic E-state index is 0.561. The van der Waals surface area contributed by atoms with Gasteiger partial charge in [0.2, 0.25) is 0 Å². The molecule has 3 fully saturated rings. The molecule has 0 unspecified atom stereocenters. The van der Waals surface area contributed by atoms with Gasteiger partial charge < -0.3 is 19.7 Å². The largest absolute Gasteiger partial charge is 0.492 e. The molecule has 29 heavy (non-hydrogen) atoms. The summed E-state index contributed by atoms with van der Waals surface area (Å²) in [6.07, 6.45) is 6.91. The van der Waals surface area contributed by atoms with Gasteiger partial charge in [-0.25, -0.2) is 0 Å². The fourth-order valence-electron chi connectivity index (χ4n) is 5.03. The molecule has 0 atom stereocenters. The summed E-state index contributed by atoms with van der Waals surface area (Å²) in [6.45, 7) is 8.41. The lowest BCUT2D eigenvalue weighted by Crippen LogP contribution is -2.40. The van der Waals surface area contributed by atoms with Crippen LogP contribution in [0.4, 0.5) is 0 Å². The van der Waals surface area contributed by atoms with Crippen LogP contribution in [-0.2, 0) is 11.3 Å².